The lowest BCUT2D eigenvalue weighted by Gasteiger charge is -2.21. The average Bonchev–Trinajstić information content (AvgIpc) is 3.49. The van der Waals surface area contributed by atoms with Crippen LogP contribution < -0.4 is 5.84 Å². The molecule has 0 saturated heterocycles. The fourth-order valence-corrected chi connectivity index (χ4v) is 4.34. The van der Waals surface area contributed by atoms with Crippen molar-refractivity contribution in [1.82, 2.24) is 19.8 Å². The standard InChI is InChI=1S/C22H27N5OS/c1-2-12-26(14-16-10-11-16)21(28)15-29-22-25-24-20(27(22)23)13-18-8-5-7-17-6-3-4-9-19(17)18/h3-9,16H,2,10-15,23H2,1H3. The molecule has 0 spiro atoms. The molecule has 7 heteroatoms. The molecule has 1 aliphatic rings. The van der Waals surface area contributed by atoms with E-state index in [9.17, 15) is 4.79 Å². The van der Waals surface area contributed by atoms with Gasteiger partial charge >= 0.3 is 0 Å². The number of carbonyl (C=O) groups is 1. The summed E-state index contributed by atoms with van der Waals surface area (Å²) >= 11 is 1.36. The predicted octanol–water partition coefficient (Wildman–Crippen LogP) is 3.48. The van der Waals surface area contributed by atoms with E-state index in [0.29, 0.717) is 29.1 Å². The molecule has 3 aromatic rings. The van der Waals surface area contributed by atoms with Gasteiger partial charge in [-0.05, 0) is 41.5 Å². The van der Waals surface area contributed by atoms with Gasteiger partial charge in [0.15, 0.2) is 5.82 Å². The van der Waals surface area contributed by atoms with Gasteiger partial charge in [-0.2, -0.15) is 0 Å². The molecule has 29 heavy (non-hydrogen) atoms. The van der Waals surface area contributed by atoms with Gasteiger partial charge < -0.3 is 10.7 Å². The SMILES string of the molecule is CCCN(CC1CC1)C(=O)CSc1nnc(Cc2cccc3ccccc23)n1N. The second-order valence-corrected chi connectivity index (χ2v) is 8.60. The molecule has 6 nitrogen and oxygen atoms in total. The Morgan fingerprint density at radius 3 is 2.79 bits per heavy atom. The molecule has 2 N–H and O–H groups in total. The van der Waals surface area contributed by atoms with Crippen molar-refractivity contribution in [1.29, 1.82) is 0 Å². The van der Waals surface area contributed by atoms with Crippen LogP contribution in [0.15, 0.2) is 47.6 Å². The normalized spacial score (nSPS) is 13.7. The van der Waals surface area contributed by atoms with E-state index in [0.717, 1.165) is 25.1 Å². The summed E-state index contributed by atoms with van der Waals surface area (Å²) in [6.45, 7) is 3.81. The molecule has 1 amide bonds. The average molecular weight is 410 g/mol. The Morgan fingerprint density at radius 2 is 2.00 bits per heavy atom. The van der Waals surface area contributed by atoms with Gasteiger partial charge in [-0.25, -0.2) is 4.68 Å². The molecule has 1 saturated carbocycles. The van der Waals surface area contributed by atoms with Crippen molar-refractivity contribution in [3.05, 3.63) is 53.9 Å². The number of amides is 1. The third-order valence-electron chi connectivity index (χ3n) is 5.31. The molecule has 1 fully saturated rings. The molecule has 2 aromatic carbocycles. The molecule has 1 aliphatic carbocycles. The van der Waals surface area contributed by atoms with Crippen LogP contribution in [-0.2, 0) is 11.2 Å². The Balaban J connectivity index is 1.42. The first-order chi connectivity index (χ1) is 14.2. The molecule has 0 radical (unpaired) electrons. The lowest BCUT2D eigenvalue weighted by Crippen LogP contribution is -2.35. The first-order valence-corrected chi connectivity index (χ1v) is 11.2. The quantitative estimate of drug-likeness (QED) is 0.432. The summed E-state index contributed by atoms with van der Waals surface area (Å²) in [7, 11) is 0. The fourth-order valence-electron chi connectivity index (χ4n) is 3.56. The molecule has 0 aliphatic heterocycles. The zero-order valence-electron chi connectivity index (χ0n) is 16.8. The molecule has 152 valence electrons. The highest BCUT2D eigenvalue weighted by Crippen LogP contribution is 2.30. The Morgan fingerprint density at radius 1 is 1.21 bits per heavy atom. The van der Waals surface area contributed by atoms with Gasteiger partial charge in [0.05, 0.1) is 5.75 Å². The molecular formula is C22H27N5OS. The Labute approximate surface area is 175 Å². The largest absolute Gasteiger partial charge is 0.342 e. The number of nitrogen functional groups attached to an aromatic ring is 1. The Bertz CT molecular complexity index is 993. The van der Waals surface area contributed by atoms with E-state index < -0.39 is 0 Å². The molecule has 1 heterocycles. The number of hydrogen-bond acceptors (Lipinski definition) is 5. The van der Waals surface area contributed by atoms with Crippen LogP contribution in [0.4, 0.5) is 0 Å². The number of carbonyl (C=O) groups excluding carboxylic acids is 1. The van der Waals surface area contributed by atoms with Crippen molar-refractivity contribution < 1.29 is 4.79 Å². The van der Waals surface area contributed by atoms with E-state index in [1.165, 1.54) is 40.1 Å². The second-order valence-electron chi connectivity index (χ2n) is 7.66. The minimum Gasteiger partial charge on any atom is -0.342 e. The minimum atomic E-state index is 0.155. The Kier molecular flexibility index (Phi) is 6.04. The second kappa shape index (κ2) is 8.86. The van der Waals surface area contributed by atoms with Crippen molar-refractivity contribution in [3.63, 3.8) is 0 Å². The third kappa shape index (κ3) is 4.72. The topological polar surface area (TPSA) is 77.0 Å². The zero-order valence-corrected chi connectivity index (χ0v) is 17.6. The number of benzene rings is 2. The summed E-state index contributed by atoms with van der Waals surface area (Å²) < 4.78 is 1.52. The van der Waals surface area contributed by atoms with E-state index in [-0.39, 0.29) is 5.91 Å². The zero-order chi connectivity index (χ0) is 20.2. The van der Waals surface area contributed by atoms with E-state index in [4.69, 9.17) is 5.84 Å². The summed E-state index contributed by atoms with van der Waals surface area (Å²) in [6.07, 6.45) is 4.07. The van der Waals surface area contributed by atoms with Crippen LogP contribution in [-0.4, -0.2) is 44.5 Å². The summed E-state index contributed by atoms with van der Waals surface area (Å²) in [4.78, 5) is 14.6. The van der Waals surface area contributed by atoms with Crippen molar-refractivity contribution >= 4 is 28.4 Å². The highest BCUT2D eigenvalue weighted by Gasteiger charge is 2.26. The van der Waals surface area contributed by atoms with E-state index in [1.54, 1.807) is 0 Å². The molecular weight excluding hydrogens is 382 g/mol. The van der Waals surface area contributed by atoms with Crippen molar-refractivity contribution in [2.75, 3.05) is 24.7 Å². The summed E-state index contributed by atoms with van der Waals surface area (Å²) in [5.74, 6) is 8.14. The lowest BCUT2D eigenvalue weighted by molar-refractivity contribution is -0.128. The molecule has 0 bridgehead atoms. The van der Waals surface area contributed by atoms with Gasteiger partial charge in [0.1, 0.15) is 0 Å². The minimum absolute atomic E-state index is 0.155. The van der Waals surface area contributed by atoms with Crippen LogP contribution in [0, 0.1) is 5.92 Å². The monoisotopic (exact) mass is 409 g/mol. The number of hydrogen-bond donors (Lipinski definition) is 1. The number of rotatable bonds is 9. The highest BCUT2D eigenvalue weighted by atomic mass is 32.2. The fraction of sp³-hybridized carbons (Fsp3) is 0.409. The van der Waals surface area contributed by atoms with E-state index in [1.807, 2.05) is 23.1 Å². The van der Waals surface area contributed by atoms with E-state index >= 15 is 0 Å². The van der Waals surface area contributed by atoms with Crippen molar-refractivity contribution in [2.45, 2.75) is 37.8 Å². The van der Waals surface area contributed by atoms with E-state index in [2.05, 4.69) is 41.4 Å². The van der Waals surface area contributed by atoms with Crippen molar-refractivity contribution in [2.24, 2.45) is 5.92 Å². The first-order valence-electron chi connectivity index (χ1n) is 10.2. The van der Waals surface area contributed by atoms with Gasteiger partial charge in [-0.3, -0.25) is 4.79 Å². The van der Waals surface area contributed by atoms with Gasteiger partial charge in [0.25, 0.3) is 0 Å². The maximum absolute atomic E-state index is 12.6. The third-order valence-corrected chi connectivity index (χ3v) is 6.24. The number of thioether (sulfide) groups is 1. The number of nitrogens with zero attached hydrogens (tertiary/aromatic N) is 4. The van der Waals surface area contributed by atoms with Crippen molar-refractivity contribution in [3.8, 4) is 0 Å². The molecule has 0 atom stereocenters. The van der Waals surface area contributed by atoms with Crippen LogP contribution in [0.1, 0.15) is 37.6 Å². The van der Waals surface area contributed by atoms with Gasteiger partial charge in [0.2, 0.25) is 11.1 Å². The van der Waals surface area contributed by atoms with Gasteiger partial charge in [0, 0.05) is 19.5 Å². The summed E-state index contributed by atoms with van der Waals surface area (Å²) in [5, 5.41) is 11.5. The van der Waals surface area contributed by atoms with Crippen LogP contribution >= 0.6 is 11.8 Å². The molecule has 0 unspecified atom stereocenters. The van der Waals surface area contributed by atoms with Crippen LogP contribution in [0.25, 0.3) is 10.8 Å². The maximum Gasteiger partial charge on any atom is 0.233 e. The predicted molar refractivity (Wildman–Crippen MR) is 117 cm³/mol. The van der Waals surface area contributed by atoms with Crippen LogP contribution in [0.3, 0.4) is 0 Å². The summed E-state index contributed by atoms with van der Waals surface area (Å²) in [6, 6.07) is 14.5. The van der Waals surface area contributed by atoms with Gasteiger partial charge in [-0.15, -0.1) is 10.2 Å². The maximum atomic E-state index is 12.6. The number of nitrogens with two attached hydrogens (primary N) is 1. The van der Waals surface area contributed by atoms with Crippen LogP contribution in [0.5, 0.6) is 0 Å². The van der Waals surface area contributed by atoms with Crippen LogP contribution in [0.2, 0.25) is 0 Å². The Hall–Kier alpha value is -2.54. The lowest BCUT2D eigenvalue weighted by atomic mass is 10.0. The molecule has 1 aromatic heterocycles. The number of fused-ring (bicyclic) bond motifs is 1. The summed E-state index contributed by atoms with van der Waals surface area (Å²) in [5.41, 5.74) is 1.16. The first kappa shape index (κ1) is 19.8. The number of aromatic nitrogens is 3. The highest BCUT2D eigenvalue weighted by molar-refractivity contribution is 7.99. The smallest absolute Gasteiger partial charge is 0.233 e. The van der Waals surface area contributed by atoms with Gasteiger partial charge in [-0.1, -0.05) is 61.2 Å². The molecule has 4 rings (SSSR count).